The van der Waals surface area contributed by atoms with Crippen molar-refractivity contribution in [3.63, 3.8) is 0 Å². The first-order valence-corrected chi connectivity index (χ1v) is 8.15. The summed E-state index contributed by atoms with van der Waals surface area (Å²) in [6.45, 7) is 1.08. The number of aromatic nitrogens is 1. The molecule has 0 aliphatic carbocycles. The summed E-state index contributed by atoms with van der Waals surface area (Å²) in [5, 5.41) is 7.13. The predicted octanol–water partition coefficient (Wildman–Crippen LogP) is 3.33. The van der Waals surface area contributed by atoms with Crippen molar-refractivity contribution in [1.29, 1.82) is 5.41 Å². The Hall–Kier alpha value is -2.17. The summed E-state index contributed by atoms with van der Waals surface area (Å²) in [6.07, 6.45) is -3.90. The number of hydrogen-bond acceptors (Lipinski definition) is 4. The van der Waals surface area contributed by atoms with E-state index in [4.69, 9.17) is 15.9 Å². The van der Waals surface area contributed by atoms with Gasteiger partial charge in [0.2, 0.25) is 0 Å². The number of nitrogens with one attached hydrogen (secondary N) is 2. The van der Waals surface area contributed by atoms with Crippen molar-refractivity contribution in [2.75, 3.05) is 34.3 Å². The number of H-pyrrole nitrogens is 1. The molecule has 0 saturated heterocycles. The first-order chi connectivity index (χ1) is 12.5. The third-order valence-corrected chi connectivity index (χ3v) is 3.96. The van der Waals surface area contributed by atoms with Gasteiger partial charge in [0.05, 0.1) is 17.7 Å². The van der Waals surface area contributed by atoms with Crippen LogP contribution in [0, 0.1) is 5.41 Å². The number of hydrogen-bond donors (Lipinski definition) is 3. The van der Waals surface area contributed by atoms with Gasteiger partial charge in [-0.3, -0.25) is 15.1 Å². The zero-order valence-corrected chi connectivity index (χ0v) is 17.7. The first kappa shape index (κ1) is 26.8. The highest BCUT2D eigenvalue weighted by Gasteiger charge is 2.34. The summed E-state index contributed by atoms with van der Waals surface area (Å²) < 4.78 is 45.6. The molecule has 0 atom stereocenters. The second-order valence-corrected chi connectivity index (χ2v) is 6.34. The number of carbonyl (C=O) groups excluding carboxylic acids is 1. The van der Waals surface area contributed by atoms with E-state index in [0.29, 0.717) is 13.0 Å². The molecule has 1 amide bonds. The number of nitrogens with two attached hydrogens (primary N) is 1. The number of nitrogens with zero attached hydrogens (tertiary/aromatic N) is 2. The van der Waals surface area contributed by atoms with Gasteiger partial charge in [-0.2, -0.15) is 13.2 Å². The molecule has 12 heteroatoms. The molecule has 7 nitrogen and oxygen atoms in total. The van der Waals surface area contributed by atoms with Crippen LogP contribution in [0.5, 0.6) is 5.75 Å². The van der Waals surface area contributed by atoms with E-state index in [0.717, 1.165) is 23.6 Å². The quantitative estimate of drug-likeness (QED) is 0.352. The number of amides is 1. The van der Waals surface area contributed by atoms with E-state index < -0.39 is 23.6 Å². The van der Waals surface area contributed by atoms with Crippen LogP contribution < -0.4 is 10.5 Å². The fourth-order valence-electron chi connectivity index (χ4n) is 2.53. The van der Waals surface area contributed by atoms with Crippen molar-refractivity contribution >= 4 is 47.6 Å². The maximum Gasteiger partial charge on any atom is 0.417 e. The van der Waals surface area contributed by atoms with Crippen LogP contribution in [0.4, 0.5) is 13.2 Å². The van der Waals surface area contributed by atoms with Gasteiger partial charge in [0.1, 0.15) is 11.4 Å². The predicted molar refractivity (Wildman–Crippen MR) is 110 cm³/mol. The molecule has 1 aromatic heterocycles. The van der Waals surface area contributed by atoms with Gasteiger partial charge in [-0.15, -0.1) is 24.8 Å². The number of halogens is 5. The minimum atomic E-state index is -4.59. The molecule has 0 radical (unpaired) electrons. The van der Waals surface area contributed by atoms with E-state index >= 15 is 0 Å². The maximum atomic E-state index is 13.3. The molecule has 0 fully saturated rings. The molecular weight excluding hydrogens is 434 g/mol. The third kappa shape index (κ3) is 6.41. The molecule has 1 aromatic carbocycles. The average molecular weight is 458 g/mol. The zero-order chi connectivity index (χ0) is 20.4. The van der Waals surface area contributed by atoms with Crippen molar-refractivity contribution in [3.05, 3.63) is 29.5 Å². The zero-order valence-electron chi connectivity index (χ0n) is 16.1. The summed E-state index contributed by atoms with van der Waals surface area (Å²) >= 11 is 0. The number of carbonyl (C=O) groups is 1. The van der Waals surface area contributed by atoms with Gasteiger partial charge in [-0.05, 0) is 38.7 Å². The molecule has 2 rings (SSSR count). The van der Waals surface area contributed by atoms with Crippen LogP contribution in [0.15, 0.2) is 18.2 Å². The van der Waals surface area contributed by atoms with Gasteiger partial charge >= 0.3 is 6.18 Å². The Balaban J connectivity index is 0.00000392. The van der Waals surface area contributed by atoms with Crippen LogP contribution in [0.3, 0.4) is 0 Å². The van der Waals surface area contributed by atoms with Gasteiger partial charge < -0.3 is 20.4 Å². The highest BCUT2D eigenvalue weighted by molar-refractivity contribution is 6.06. The Morgan fingerprint density at radius 1 is 1.24 bits per heavy atom. The summed E-state index contributed by atoms with van der Waals surface area (Å²) in [7, 11) is 5.08. The lowest BCUT2D eigenvalue weighted by Crippen LogP contribution is -2.38. The number of benzene rings is 1. The van der Waals surface area contributed by atoms with Gasteiger partial charge in [0, 0.05) is 19.0 Å². The molecule has 0 saturated carbocycles. The van der Waals surface area contributed by atoms with Crippen LogP contribution in [0.2, 0.25) is 0 Å². The standard InChI is InChI=1S/C17H22F3N5O2.2ClH/c1-24(2)7-4-8-27-13-6-5-11(17(18,19)20)10-9-12(23-14(10)13)15(26)25(3)16(21)22;;/h5-6,9,23H,4,7-8H2,1-3H3,(H3,21,22);2*1H. The lowest BCUT2D eigenvalue weighted by molar-refractivity contribution is -0.136. The van der Waals surface area contributed by atoms with Crippen LogP contribution in [-0.2, 0) is 6.18 Å². The van der Waals surface area contributed by atoms with Crippen LogP contribution in [0.1, 0.15) is 22.5 Å². The molecule has 0 bridgehead atoms. The normalized spacial score (nSPS) is 11.0. The monoisotopic (exact) mass is 457 g/mol. The lowest BCUT2D eigenvalue weighted by Gasteiger charge is -2.13. The van der Waals surface area contributed by atoms with E-state index in [1.807, 2.05) is 19.0 Å². The smallest absolute Gasteiger partial charge is 0.417 e. The Morgan fingerprint density at radius 3 is 2.38 bits per heavy atom. The van der Waals surface area contributed by atoms with Crippen LogP contribution in [0.25, 0.3) is 10.9 Å². The van der Waals surface area contributed by atoms with Crippen LogP contribution >= 0.6 is 24.8 Å². The van der Waals surface area contributed by atoms with E-state index in [2.05, 4.69) is 4.98 Å². The molecule has 2 aromatic rings. The number of alkyl halides is 3. The Kier molecular flexibility index (Phi) is 9.77. The highest BCUT2D eigenvalue weighted by atomic mass is 35.5. The van der Waals surface area contributed by atoms with Gasteiger partial charge in [0.25, 0.3) is 5.91 Å². The molecule has 0 aliphatic rings. The SMILES string of the molecule is CN(C)CCCOc1ccc(C(F)(F)F)c2cc(C(=O)N(C)C(=N)N)[nH]c12.Cl.Cl. The van der Waals surface area contributed by atoms with Crippen molar-refractivity contribution in [2.24, 2.45) is 5.73 Å². The van der Waals surface area contributed by atoms with Crippen LogP contribution in [-0.4, -0.2) is 60.9 Å². The second kappa shape index (κ2) is 10.6. The molecule has 164 valence electrons. The minimum Gasteiger partial charge on any atom is -0.491 e. The van der Waals surface area contributed by atoms with Crippen molar-refractivity contribution < 1.29 is 22.7 Å². The summed E-state index contributed by atoms with van der Waals surface area (Å²) in [6, 6.07) is 3.27. The van der Waals surface area contributed by atoms with Gasteiger partial charge in [-0.25, -0.2) is 0 Å². The van der Waals surface area contributed by atoms with Crippen molar-refractivity contribution in [3.8, 4) is 5.75 Å². The van der Waals surface area contributed by atoms with E-state index in [1.54, 1.807) is 0 Å². The molecule has 29 heavy (non-hydrogen) atoms. The lowest BCUT2D eigenvalue weighted by atomic mass is 10.1. The summed E-state index contributed by atoms with van der Waals surface area (Å²) in [5.74, 6) is -1.01. The Labute approximate surface area is 178 Å². The molecule has 0 unspecified atom stereocenters. The number of fused-ring (bicyclic) bond motifs is 1. The van der Waals surface area contributed by atoms with Crippen molar-refractivity contribution in [2.45, 2.75) is 12.6 Å². The van der Waals surface area contributed by atoms with E-state index in [9.17, 15) is 18.0 Å². The summed E-state index contributed by atoms with van der Waals surface area (Å²) in [4.78, 5) is 17.8. The maximum absolute atomic E-state index is 13.3. The van der Waals surface area contributed by atoms with Crippen molar-refractivity contribution in [1.82, 2.24) is 14.8 Å². The van der Waals surface area contributed by atoms with Gasteiger partial charge in [0.15, 0.2) is 5.96 Å². The Morgan fingerprint density at radius 2 is 1.86 bits per heavy atom. The topological polar surface area (TPSA) is 98.4 Å². The van der Waals surface area contributed by atoms with Gasteiger partial charge in [-0.1, -0.05) is 0 Å². The fourth-order valence-corrected chi connectivity index (χ4v) is 2.53. The molecule has 1 heterocycles. The average Bonchev–Trinajstić information content (AvgIpc) is 3.01. The summed E-state index contributed by atoms with van der Waals surface area (Å²) in [5.41, 5.74) is 4.36. The minimum absolute atomic E-state index is 0. The number of ether oxygens (including phenoxy) is 1. The van der Waals surface area contributed by atoms with E-state index in [1.165, 1.54) is 13.1 Å². The second-order valence-electron chi connectivity index (χ2n) is 6.34. The third-order valence-electron chi connectivity index (χ3n) is 3.96. The number of guanidine groups is 1. The number of rotatable bonds is 6. The molecule has 0 aliphatic heterocycles. The molecule has 4 N–H and O–H groups in total. The Bertz CT molecular complexity index is 855. The molecule has 0 spiro atoms. The largest absolute Gasteiger partial charge is 0.491 e. The highest BCUT2D eigenvalue weighted by Crippen LogP contribution is 2.38. The fraction of sp³-hybridized carbons (Fsp3) is 0.412. The number of aromatic amines is 1. The first-order valence-electron chi connectivity index (χ1n) is 8.15. The molecular formula is C17H24Cl2F3N5O2. The van der Waals surface area contributed by atoms with E-state index in [-0.39, 0.29) is 47.2 Å².